The zero-order chi connectivity index (χ0) is 14.6. The van der Waals surface area contributed by atoms with Crippen LogP contribution in [0.1, 0.15) is 58.3 Å². The van der Waals surface area contributed by atoms with Crippen LogP contribution in [0.15, 0.2) is 24.3 Å². The van der Waals surface area contributed by atoms with Gasteiger partial charge in [-0.05, 0) is 18.6 Å². The molecule has 0 heterocycles. The van der Waals surface area contributed by atoms with E-state index in [0.717, 1.165) is 12.8 Å². The van der Waals surface area contributed by atoms with Gasteiger partial charge < -0.3 is 10.4 Å². The lowest BCUT2D eigenvalue weighted by molar-refractivity contribution is 0.266. The SMILES string of the molecule is CCCCCCCCCC(CO)Nc1ccccc1F. The fraction of sp³-hybridized carbons (Fsp3) is 0.647. The maximum atomic E-state index is 13.5. The van der Waals surface area contributed by atoms with Crippen LogP contribution >= 0.6 is 0 Å². The minimum atomic E-state index is -0.259. The minimum Gasteiger partial charge on any atom is -0.394 e. The Balaban J connectivity index is 2.18. The van der Waals surface area contributed by atoms with Crippen LogP contribution in [-0.4, -0.2) is 17.8 Å². The molecular formula is C17H28FNO. The molecule has 114 valence electrons. The molecule has 1 unspecified atom stereocenters. The van der Waals surface area contributed by atoms with Crippen molar-refractivity contribution in [2.75, 3.05) is 11.9 Å². The number of nitrogens with one attached hydrogen (secondary N) is 1. The van der Waals surface area contributed by atoms with Crippen molar-refractivity contribution in [1.29, 1.82) is 0 Å². The zero-order valence-electron chi connectivity index (χ0n) is 12.6. The number of benzene rings is 1. The molecule has 0 bridgehead atoms. The van der Waals surface area contributed by atoms with Crippen molar-refractivity contribution in [3.05, 3.63) is 30.1 Å². The van der Waals surface area contributed by atoms with Gasteiger partial charge in [-0.3, -0.25) is 0 Å². The second kappa shape index (κ2) is 10.7. The van der Waals surface area contributed by atoms with Crippen LogP contribution < -0.4 is 5.32 Å². The van der Waals surface area contributed by atoms with E-state index in [2.05, 4.69) is 12.2 Å². The Hall–Kier alpha value is -1.09. The number of rotatable bonds is 11. The van der Waals surface area contributed by atoms with Gasteiger partial charge in [0, 0.05) is 6.04 Å². The van der Waals surface area contributed by atoms with Crippen molar-refractivity contribution in [3.63, 3.8) is 0 Å². The molecule has 0 aliphatic carbocycles. The summed E-state index contributed by atoms with van der Waals surface area (Å²) in [6, 6.07) is 6.56. The molecule has 0 amide bonds. The summed E-state index contributed by atoms with van der Waals surface area (Å²) >= 11 is 0. The molecule has 2 N–H and O–H groups in total. The van der Waals surface area contributed by atoms with E-state index >= 15 is 0 Å². The summed E-state index contributed by atoms with van der Waals surface area (Å²) in [5, 5.41) is 12.4. The van der Waals surface area contributed by atoms with Crippen LogP contribution in [0.25, 0.3) is 0 Å². The van der Waals surface area contributed by atoms with Crippen LogP contribution in [0.5, 0.6) is 0 Å². The van der Waals surface area contributed by atoms with Crippen molar-refractivity contribution in [3.8, 4) is 0 Å². The first-order chi connectivity index (χ1) is 9.77. The Morgan fingerprint density at radius 2 is 1.70 bits per heavy atom. The molecule has 0 aromatic heterocycles. The number of para-hydroxylation sites is 1. The third kappa shape index (κ3) is 6.90. The number of unbranched alkanes of at least 4 members (excludes halogenated alkanes) is 6. The maximum absolute atomic E-state index is 13.5. The van der Waals surface area contributed by atoms with E-state index in [1.807, 2.05) is 0 Å². The highest BCUT2D eigenvalue weighted by Gasteiger charge is 2.09. The third-order valence-electron chi connectivity index (χ3n) is 3.61. The summed E-state index contributed by atoms with van der Waals surface area (Å²) in [6.45, 7) is 2.27. The summed E-state index contributed by atoms with van der Waals surface area (Å²) in [7, 11) is 0. The molecule has 0 radical (unpaired) electrons. The van der Waals surface area contributed by atoms with Crippen molar-refractivity contribution >= 4 is 5.69 Å². The van der Waals surface area contributed by atoms with Gasteiger partial charge in [0.15, 0.2) is 0 Å². The molecule has 1 aromatic carbocycles. The maximum Gasteiger partial charge on any atom is 0.146 e. The molecule has 0 saturated heterocycles. The highest BCUT2D eigenvalue weighted by Crippen LogP contribution is 2.16. The Morgan fingerprint density at radius 1 is 1.05 bits per heavy atom. The third-order valence-corrected chi connectivity index (χ3v) is 3.61. The quantitative estimate of drug-likeness (QED) is 0.574. The lowest BCUT2D eigenvalue weighted by atomic mass is 10.1. The summed E-state index contributed by atoms with van der Waals surface area (Å²) in [5.74, 6) is -0.259. The molecule has 0 aliphatic heterocycles. The summed E-state index contributed by atoms with van der Waals surface area (Å²) < 4.78 is 13.5. The molecule has 20 heavy (non-hydrogen) atoms. The molecule has 1 rings (SSSR count). The first-order valence-corrected chi connectivity index (χ1v) is 7.89. The van der Waals surface area contributed by atoms with E-state index in [-0.39, 0.29) is 18.5 Å². The molecule has 0 saturated carbocycles. The van der Waals surface area contributed by atoms with E-state index in [1.54, 1.807) is 18.2 Å². The topological polar surface area (TPSA) is 32.3 Å². The minimum absolute atomic E-state index is 0.0458. The van der Waals surface area contributed by atoms with Gasteiger partial charge in [-0.15, -0.1) is 0 Å². The summed E-state index contributed by atoms with van der Waals surface area (Å²) in [5.41, 5.74) is 0.481. The van der Waals surface area contributed by atoms with Gasteiger partial charge in [-0.1, -0.05) is 64.0 Å². The molecule has 2 nitrogen and oxygen atoms in total. The smallest absolute Gasteiger partial charge is 0.146 e. The van der Waals surface area contributed by atoms with Crippen LogP contribution in [-0.2, 0) is 0 Å². The van der Waals surface area contributed by atoms with E-state index in [0.29, 0.717) is 5.69 Å². The molecular weight excluding hydrogens is 253 g/mol. The van der Waals surface area contributed by atoms with Gasteiger partial charge in [0.05, 0.1) is 12.3 Å². The molecule has 0 spiro atoms. The van der Waals surface area contributed by atoms with E-state index in [1.165, 1.54) is 44.6 Å². The van der Waals surface area contributed by atoms with Crippen molar-refractivity contribution in [2.45, 2.75) is 64.3 Å². The second-order valence-electron chi connectivity index (χ2n) is 5.41. The molecule has 0 fully saturated rings. The molecule has 1 aromatic rings. The van der Waals surface area contributed by atoms with E-state index < -0.39 is 0 Å². The first kappa shape index (κ1) is 17.0. The van der Waals surface area contributed by atoms with Crippen LogP contribution in [0, 0.1) is 5.82 Å². The average molecular weight is 281 g/mol. The second-order valence-corrected chi connectivity index (χ2v) is 5.41. The Bertz CT molecular complexity index is 357. The average Bonchev–Trinajstić information content (AvgIpc) is 2.47. The predicted octanol–water partition coefficient (Wildman–Crippen LogP) is 4.74. The lowest BCUT2D eigenvalue weighted by Gasteiger charge is -2.17. The van der Waals surface area contributed by atoms with Crippen LogP contribution in [0.3, 0.4) is 0 Å². The van der Waals surface area contributed by atoms with E-state index in [4.69, 9.17) is 0 Å². The normalized spacial score (nSPS) is 12.3. The number of aliphatic hydroxyl groups is 1. The fourth-order valence-corrected chi connectivity index (χ4v) is 2.36. The van der Waals surface area contributed by atoms with Crippen LogP contribution in [0.2, 0.25) is 0 Å². The highest BCUT2D eigenvalue weighted by molar-refractivity contribution is 5.45. The Labute approximate surface area is 122 Å². The van der Waals surface area contributed by atoms with Crippen molar-refractivity contribution in [1.82, 2.24) is 0 Å². The van der Waals surface area contributed by atoms with Crippen molar-refractivity contribution in [2.24, 2.45) is 0 Å². The Kier molecular flexibility index (Phi) is 9.05. The highest BCUT2D eigenvalue weighted by atomic mass is 19.1. The summed E-state index contributed by atoms with van der Waals surface area (Å²) in [6.07, 6.45) is 9.66. The standard InChI is InChI=1S/C17H28FNO/c1-2-3-4-5-6-7-8-11-15(14-20)19-17-13-10-9-12-16(17)18/h9-10,12-13,15,19-20H,2-8,11,14H2,1H3. The van der Waals surface area contributed by atoms with Gasteiger partial charge >= 0.3 is 0 Å². The Morgan fingerprint density at radius 3 is 2.35 bits per heavy atom. The predicted molar refractivity (Wildman–Crippen MR) is 83.5 cm³/mol. The first-order valence-electron chi connectivity index (χ1n) is 7.89. The monoisotopic (exact) mass is 281 g/mol. The van der Waals surface area contributed by atoms with Gasteiger partial charge in [0.25, 0.3) is 0 Å². The fourth-order valence-electron chi connectivity index (χ4n) is 2.36. The summed E-state index contributed by atoms with van der Waals surface area (Å²) in [4.78, 5) is 0. The largest absolute Gasteiger partial charge is 0.394 e. The lowest BCUT2D eigenvalue weighted by Crippen LogP contribution is -2.24. The van der Waals surface area contributed by atoms with Crippen molar-refractivity contribution < 1.29 is 9.50 Å². The zero-order valence-corrected chi connectivity index (χ0v) is 12.6. The van der Waals surface area contributed by atoms with Gasteiger partial charge in [-0.2, -0.15) is 0 Å². The van der Waals surface area contributed by atoms with E-state index in [9.17, 15) is 9.50 Å². The molecule has 1 atom stereocenters. The van der Waals surface area contributed by atoms with Gasteiger partial charge in [0.1, 0.15) is 5.82 Å². The van der Waals surface area contributed by atoms with Gasteiger partial charge in [0.2, 0.25) is 0 Å². The van der Waals surface area contributed by atoms with Crippen LogP contribution in [0.4, 0.5) is 10.1 Å². The molecule has 3 heteroatoms. The number of anilines is 1. The number of aliphatic hydroxyl groups excluding tert-OH is 1. The molecule has 0 aliphatic rings. The number of halogens is 1. The number of hydrogen-bond donors (Lipinski definition) is 2. The number of hydrogen-bond acceptors (Lipinski definition) is 2. The van der Waals surface area contributed by atoms with Gasteiger partial charge in [-0.25, -0.2) is 4.39 Å².